The number of para-hydroxylation sites is 1. The van der Waals surface area contributed by atoms with E-state index in [0.717, 1.165) is 29.5 Å². The summed E-state index contributed by atoms with van der Waals surface area (Å²) in [6, 6.07) is 6.67. The summed E-state index contributed by atoms with van der Waals surface area (Å²) in [5.41, 5.74) is 2.03. The van der Waals surface area contributed by atoms with Gasteiger partial charge in [-0.15, -0.1) is 16.4 Å². The van der Waals surface area contributed by atoms with Crippen molar-refractivity contribution in [3.05, 3.63) is 57.3 Å². The molecule has 1 aromatic carbocycles. The van der Waals surface area contributed by atoms with E-state index in [0.29, 0.717) is 43.4 Å². The molecule has 0 unspecified atom stereocenters. The fourth-order valence-corrected chi connectivity index (χ4v) is 6.44. The molecule has 1 amide bonds. The van der Waals surface area contributed by atoms with Crippen molar-refractivity contribution in [3.63, 3.8) is 0 Å². The number of aromatic nitrogens is 4. The van der Waals surface area contributed by atoms with Crippen molar-refractivity contribution in [1.82, 2.24) is 24.1 Å². The fraction of sp³-hybridized carbons (Fsp3) is 0.417. The largest absolute Gasteiger partial charge is 0.366 e. The quantitative estimate of drug-likeness (QED) is 0.451. The molecule has 34 heavy (non-hydrogen) atoms. The Balaban J connectivity index is 1.23. The van der Waals surface area contributed by atoms with Crippen molar-refractivity contribution in [1.29, 1.82) is 0 Å². The molecule has 10 heteroatoms. The van der Waals surface area contributed by atoms with Gasteiger partial charge in [-0.2, -0.15) is 0 Å². The maximum Gasteiger partial charge on any atom is 0.352 e. The van der Waals surface area contributed by atoms with Gasteiger partial charge in [0.05, 0.1) is 11.1 Å². The Kier molecular flexibility index (Phi) is 5.13. The van der Waals surface area contributed by atoms with Gasteiger partial charge in [-0.25, -0.2) is 23.3 Å². The Hall–Kier alpha value is -3.27. The Morgan fingerprint density at radius 1 is 1.21 bits per heavy atom. The predicted molar refractivity (Wildman–Crippen MR) is 129 cm³/mol. The van der Waals surface area contributed by atoms with Crippen LogP contribution in [0.15, 0.2) is 35.4 Å². The lowest BCUT2D eigenvalue weighted by molar-refractivity contribution is -0.132. The third-order valence-electron chi connectivity index (χ3n) is 6.99. The first-order valence-electron chi connectivity index (χ1n) is 11.7. The number of benzene rings is 1. The van der Waals surface area contributed by atoms with E-state index < -0.39 is 0 Å². The maximum atomic E-state index is 14.1. The van der Waals surface area contributed by atoms with Crippen molar-refractivity contribution >= 4 is 38.8 Å². The highest BCUT2D eigenvalue weighted by Gasteiger charge is 2.26. The second-order valence-corrected chi connectivity index (χ2v) is 10.3. The number of carbonyl (C=O) groups is 1. The van der Waals surface area contributed by atoms with Gasteiger partial charge in [0.15, 0.2) is 5.65 Å². The van der Waals surface area contributed by atoms with E-state index in [1.54, 1.807) is 28.4 Å². The van der Waals surface area contributed by atoms with Crippen molar-refractivity contribution in [2.45, 2.75) is 32.7 Å². The molecule has 0 bridgehead atoms. The van der Waals surface area contributed by atoms with Crippen LogP contribution in [0.1, 0.15) is 23.8 Å². The molecule has 2 aliphatic rings. The maximum absolute atomic E-state index is 14.1. The van der Waals surface area contributed by atoms with E-state index >= 15 is 0 Å². The highest BCUT2D eigenvalue weighted by molar-refractivity contribution is 7.19. The van der Waals surface area contributed by atoms with Crippen LogP contribution in [-0.4, -0.2) is 56.2 Å². The van der Waals surface area contributed by atoms with Crippen molar-refractivity contribution < 1.29 is 9.18 Å². The Labute approximate surface area is 199 Å². The number of piperazine rings is 1. The molecule has 0 N–H and O–H groups in total. The molecule has 0 spiro atoms. The summed E-state index contributed by atoms with van der Waals surface area (Å²) in [5.74, 6) is 0.223. The standard InChI is InChI=1S/C24H25FN6O2S/c1-15-6-7-16-19(12-15)34-23-21(16)22-27-31(24(33)30(22)14-26-23)13-20(32)29-10-8-28(9-11-29)18-5-3-2-4-17(18)25/h2-5,14-15H,6-13H2,1H3/t15-/m0/s1. The number of fused-ring (bicyclic) bond motifs is 5. The fourth-order valence-electron chi connectivity index (χ4n) is 5.10. The number of thiophene rings is 1. The van der Waals surface area contributed by atoms with E-state index in [4.69, 9.17) is 0 Å². The molecule has 1 saturated heterocycles. The van der Waals surface area contributed by atoms with Gasteiger partial charge in [0.25, 0.3) is 0 Å². The van der Waals surface area contributed by atoms with Crippen LogP contribution in [0, 0.1) is 11.7 Å². The van der Waals surface area contributed by atoms with Gasteiger partial charge in [-0.3, -0.25) is 4.79 Å². The van der Waals surface area contributed by atoms with Crippen molar-refractivity contribution in [3.8, 4) is 0 Å². The molecule has 4 aromatic rings. The molecule has 0 radical (unpaired) electrons. The molecule has 1 aliphatic heterocycles. The van der Waals surface area contributed by atoms with Gasteiger partial charge in [0.2, 0.25) is 5.91 Å². The van der Waals surface area contributed by atoms with Gasteiger partial charge in [0.1, 0.15) is 23.5 Å². The number of amides is 1. The van der Waals surface area contributed by atoms with Crippen LogP contribution >= 0.6 is 11.3 Å². The van der Waals surface area contributed by atoms with E-state index in [9.17, 15) is 14.0 Å². The second kappa shape index (κ2) is 8.19. The Bertz CT molecular complexity index is 1470. The van der Waals surface area contributed by atoms with E-state index in [1.165, 1.54) is 31.9 Å². The van der Waals surface area contributed by atoms with Crippen LogP contribution in [0.2, 0.25) is 0 Å². The summed E-state index contributed by atoms with van der Waals surface area (Å²) in [7, 11) is 0. The molecule has 1 aliphatic carbocycles. The molecule has 0 saturated carbocycles. The van der Waals surface area contributed by atoms with Crippen LogP contribution in [-0.2, 0) is 24.2 Å². The minimum Gasteiger partial charge on any atom is -0.366 e. The molecular weight excluding hydrogens is 455 g/mol. The Morgan fingerprint density at radius 2 is 2.00 bits per heavy atom. The highest BCUT2D eigenvalue weighted by Crippen LogP contribution is 2.38. The van der Waals surface area contributed by atoms with E-state index in [2.05, 4.69) is 17.0 Å². The smallest absolute Gasteiger partial charge is 0.352 e. The topological polar surface area (TPSA) is 75.7 Å². The van der Waals surface area contributed by atoms with Crippen LogP contribution in [0.4, 0.5) is 10.1 Å². The minimum atomic E-state index is -0.355. The molecule has 8 nitrogen and oxygen atoms in total. The third kappa shape index (κ3) is 3.48. The first-order chi connectivity index (χ1) is 16.5. The number of rotatable bonds is 3. The molecular formula is C24H25FN6O2S. The SMILES string of the molecule is C[C@H]1CCc2c(sc3ncn4c(=O)n(CC(=O)N5CCN(c6ccccc6F)CC5)nc4c23)C1. The van der Waals surface area contributed by atoms with Gasteiger partial charge in [0, 0.05) is 31.1 Å². The third-order valence-corrected chi connectivity index (χ3v) is 8.15. The minimum absolute atomic E-state index is 0.120. The zero-order chi connectivity index (χ0) is 23.4. The number of hydrogen-bond acceptors (Lipinski definition) is 6. The summed E-state index contributed by atoms with van der Waals surface area (Å²) in [6.07, 6.45) is 4.63. The van der Waals surface area contributed by atoms with Crippen LogP contribution < -0.4 is 10.6 Å². The molecule has 176 valence electrons. The first-order valence-corrected chi connectivity index (χ1v) is 12.5. The lowest BCUT2D eigenvalue weighted by Crippen LogP contribution is -2.50. The van der Waals surface area contributed by atoms with Crippen LogP contribution in [0.25, 0.3) is 15.9 Å². The van der Waals surface area contributed by atoms with Crippen LogP contribution in [0.3, 0.4) is 0 Å². The number of aryl methyl sites for hydroxylation is 1. The van der Waals surface area contributed by atoms with Crippen molar-refractivity contribution in [2.75, 3.05) is 31.1 Å². The molecule has 4 heterocycles. The van der Waals surface area contributed by atoms with E-state index in [1.807, 2.05) is 11.0 Å². The predicted octanol–water partition coefficient (Wildman–Crippen LogP) is 2.72. The number of carbonyl (C=O) groups excluding carboxylic acids is 1. The summed E-state index contributed by atoms with van der Waals surface area (Å²) in [5, 5.41) is 5.53. The average Bonchev–Trinajstić information content (AvgIpc) is 3.36. The average molecular weight is 481 g/mol. The van der Waals surface area contributed by atoms with E-state index in [-0.39, 0.29) is 24.0 Å². The van der Waals surface area contributed by atoms with Gasteiger partial charge in [-0.05, 0) is 42.9 Å². The Morgan fingerprint density at radius 3 is 2.79 bits per heavy atom. The second-order valence-electron chi connectivity index (χ2n) is 9.23. The summed E-state index contributed by atoms with van der Waals surface area (Å²) in [6.45, 7) is 4.16. The summed E-state index contributed by atoms with van der Waals surface area (Å²) < 4.78 is 16.8. The number of anilines is 1. The van der Waals surface area contributed by atoms with Crippen LogP contribution in [0.5, 0.6) is 0 Å². The zero-order valence-corrected chi connectivity index (χ0v) is 19.7. The van der Waals surface area contributed by atoms with Gasteiger partial charge >= 0.3 is 5.69 Å². The molecule has 6 rings (SSSR count). The summed E-state index contributed by atoms with van der Waals surface area (Å²) >= 11 is 1.69. The monoisotopic (exact) mass is 480 g/mol. The highest BCUT2D eigenvalue weighted by atomic mass is 32.1. The normalized spacial score (nSPS) is 18.6. The van der Waals surface area contributed by atoms with Gasteiger partial charge < -0.3 is 9.80 Å². The molecule has 1 atom stereocenters. The lowest BCUT2D eigenvalue weighted by Gasteiger charge is -2.36. The number of halogens is 1. The number of hydrogen-bond donors (Lipinski definition) is 0. The summed E-state index contributed by atoms with van der Waals surface area (Å²) in [4.78, 5) is 36.4. The molecule has 1 fully saturated rings. The number of nitrogens with zero attached hydrogens (tertiary/aromatic N) is 6. The van der Waals surface area contributed by atoms with Crippen molar-refractivity contribution in [2.24, 2.45) is 5.92 Å². The molecule has 3 aromatic heterocycles. The first kappa shape index (κ1) is 21.3. The zero-order valence-electron chi connectivity index (χ0n) is 18.9. The lowest BCUT2D eigenvalue weighted by atomic mass is 9.89. The van der Waals surface area contributed by atoms with Gasteiger partial charge in [-0.1, -0.05) is 19.1 Å².